The van der Waals surface area contributed by atoms with Gasteiger partial charge in [0.2, 0.25) is 0 Å². The molecule has 5 heteroatoms. The third-order valence-corrected chi connectivity index (χ3v) is 2.95. The average Bonchev–Trinajstić information content (AvgIpc) is 2.77. The first-order chi connectivity index (χ1) is 7.72. The van der Waals surface area contributed by atoms with Crippen molar-refractivity contribution in [2.24, 2.45) is 0 Å². The van der Waals surface area contributed by atoms with E-state index in [4.69, 9.17) is 0 Å². The zero-order chi connectivity index (χ0) is 11.5. The van der Waals surface area contributed by atoms with Gasteiger partial charge in [0.15, 0.2) is 6.29 Å². The number of hydrogen-bond acceptors (Lipinski definition) is 4. The van der Waals surface area contributed by atoms with Crippen molar-refractivity contribution in [2.75, 3.05) is 0 Å². The minimum Gasteiger partial charge on any atom is -0.298 e. The number of nitrogens with zero attached hydrogens (tertiary/aromatic N) is 1. The SMILES string of the molecule is O=Cc1cscc1-c1cccc([N+](=O)[O-])c1. The molecule has 2 aromatic rings. The van der Waals surface area contributed by atoms with E-state index in [1.807, 2.05) is 5.38 Å². The summed E-state index contributed by atoms with van der Waals surface area (Å²) in [5.41, 5.74) is 2.02. The molecule has 0 amide bonds. The lowest BCUT2D eigenvalue weighted by Gasteiger charge is -1.99. The lowest BCUT2D eigenvalue weighted by Crippen LogP contribution is -1.88. The summed E-state index contributed by atoms with van der Waals surface area (Å²) in [6, 6.07) is 6.26. The second kappa shape index (κ2) is 4.24. The Kier molecular flexibility index (Phi) is 2.78. The smallest absolute Gasteiger partial charge is 0.270 e. The summed E-state index contributed by atoms with van der Waals surface area (Å²) in [6.07, 6.45) is 0.755. The standard InChI is InChI=1S/C11H7NO3S/c13-5-9-6-16-7-11(9)8-2-1-3-10(4-8)12(14)15/h1-7H. The highest BCUT2D eigenvalue weighted by Crippen LogP contribution is 2.28. The minimum absolute atomic E-state index is 0.0283. The Balaban J connectivity index is 2.52. The predicted octanol–water partition coefficient (Wildman–Crippen LogP) is 3.14. The molecule has 0 aliphatic heterocycles. The first-order valence-electron chi connectivity index (χ1n) is 4.48. The van der Waals surface area contributed by atoms with E-state index in [0.717, 1.165) is 11.8 Å². The summed E-state index contributed by atoms with van der Waals surface area (Å²) in [5, 5.41) is 14.1. The predicted molar refractivity (Wildman–Crippen MR) is 61.8 cm³/mol. The van der Waals surface area contributed by atoms with Gasteiger partial charge >= 0.3 is 0 Å². The number of aldehydes is 1. The van der Waals surface area contributed by atoms with Crippen LogP contribution in [0, 0.1) is 10.1 Å². The van der Waals surface area contributed by atoms with E-state index >= 15 is 0 Å². The van der Waals surface area contributed by atoms with E-state index < -0.39 is 4.92 Å². The van der Waals surface area contributed by atoms with Gasteiger partial charge in [-0.15, -0.1) is 0 Å². The van der Waals surface area contributed by atoms with Gasteiger partial charge in [0.05, 0.1) is 4.92 Å². The molecule has 2 rings (SSSR count). The van der Waals surface area contributed by atoms with Crippen molar-refractivity contribution in [1.82, 2.24) is 0 Å². The molecule has 0 unspecified atom stereocenters. The van der Waals surface area contributed by atoms with Gasteiger partial charge in [-0.2, -0.15) is 11.3 Å². The zero-order valence-electron chi connectivity index (χ0n) is 8.12. The molecular weight excluding hydrogens is 226 g/mol. The van der Waals surface area contributed by atoms with E-state index in [2.05, 4.69) is 0 Å². The van der Waals surface area contributed by atoms with Gasteiger partial charge in [0, 0.05) is 28.6 Å². The van der Waals surface area contributed by atoms with Gasteiger partial charge in [0.25, 0.3) is 5.69 Å². The second-order valence-electron chi connectivity index (χ2n) is 3.17. The number of nitro benzene ring substituents is 1. The van der Waals surface area contributed by atoms with E-state index in [1.165, 1.54) is 23.5 Å². The number of benzene rings is 1. The van der Waals surface area contributed by atoms with Gasteiger partial charge in [-0.3, -0.25) is 14.9 Å². The summed E-state index contributed by atoms with van der Waals surface area (Å²) in [6.45, 7) is 0. The summed E-state index contributed by atoms with van der Waals surface area (Å²) in [7, 11) is 0. The Labute approximate surface area is 95.3 Å². The van der Waals surface area contributed by atoms with Crippen molar-refractivity contribution in [3.8, 4) is 11.1 Å². The Hall–Kier alpha value is -2.01. The molecule has 1 aromatic heterocycles. The van der Waals surface area contributed by atoms with Gasteiger partial charge in [-0.25, -0.2) is 0 Å². The first kappa shape index (κ1) is 10.5. The number of rotatable bonds is 3. The Morgan fingerprint density at radius 1 is 1.31 bits per heavy atom. The number of carbonyl (C=O) groups excluding carboxylic acids is 1. The summed E-state index contributed by atoms with van der Waals surface area (Å²) >= 11 is 1.40. The lowest BCUT2D eigenvalue weighted by molar-refractivity contribution is -0.384. The van der Waals surface area contributed by atoms with Gasteiger partial charge < -0.3 is 0 Å². The highest BCUT2D eigenvalue weighted by Gasteiger charge is 2.10. The highest BCUT2D eigenvalue weighted by atomic mass is 32.1. The fourth-order valence-electron chi connectivity index (χ4n) is 1.42. The molecule has 0 saturated carbocycles. The van der Waals surface area contributed by atoms with E-state index in [-0.39, 0.29) is 5.69 Å². The molecule has 0 N–H and O–H groups in total. The van der Waals surface area contributed by atoms with Crippen molar-refractivity contribution < 1.29 is 9.72 Å². The van der Waals surface area contributed by atoms with Crippen LogP contribution in [0.2, 0.25) is 0 Å². The largest absolute Gasteiger partial charge is 0.298 e. The number of thiophene rings is 1. The fraction of sp³-hybridized carbons (Fsp3) is 0. The van der Waals surface area contributed by atoms with E-state index in [1.54, 1.807) is 17.5 Å². The molecule has 0 fully saturated rings. The van der Waals surface area contributed by atoms with Crippen LogP contribution in [0.15, 0.2) is 35.0 Å². The first-order valence-corrected chi connectivity index (χ1v) is 5.43. The molecule has 0 aliphatic carbocycles. The summed E-state index contributed by atoms with van der Waals surface area (Å²) in [4.78, 5) is 20.9. The minimum atomic E-state index is -0.448. The van der Waals surface area contributed by atoms with Crippen molar-refractivity contribution in [3.63, 3.8) is 0 Å². The maximum Gasteiger partial charge on any atom is 0.270 e. The molecule has 0 spiro atoms. The van der Waals surface area contributed by atoms with Crippen molar-refractivity contribution in [3.05, 3.63) is 50.7 Å². The monoisotopic (exact) mass is 233 g/mol. The Morgan fingerprint density at radius 3 is 2.81 bits per heavy atom. The topological polar surface area (TPSA) is 60.2 Å². The molecule has 16 heavy (non-hydrogen) atoms. The number of hydrogen-bond donors (Lipinski definition) is 0. The van der Waals surface area contributed by atoms with Crippen LogP contribution in [0.1, 0.15) is 10.4 Å². The Morgan fingerprint density at radius 2 is 2.12 bits per heavy atom. The van der Waals surface area contributed by atoms with Crippen LogP contribution in [-0.4, -0.2) is 11.2 Å². The van der Waals surface area contributed by atoms with Crippen LogP contribution < -0.4 is 0 Å². The number of carbonyl (C=O) groups is 1. The molecule has 0 saturated heterocycles. The van der Waals surface area contributed by atoms with Crippen LogP contribution in [0.25, 0.3) is 11.1 Å². The summed E-state index contributed by atoms with van der Waals surface area (Å²) < 4.78 is 0. The number of non-ortho nitro benzene ring substituents is 1. The van der Waals surface area contributed by atoms with Crippen LogP contribution in [-0.2, 0) is 0 Å². The average molecular weight is 233 g/mol. The van der Waals surface area contributed by atoms with Gasteiger partial charge in [0.1, 0.15) is 0 Å². The highest BCUT2D eigenvalue weighted by molar-refractivity contribution is 7.08. The second-order valence-corrected chi connectivity index (χ2v) is 3.91. The molecule has 1 heterocycles. The third-order valence-electron chi connectivity index (χ3n) is 2.19. The summed E-state index contributed by atoms with van der Waals surface area (Å²) in [5.74, 6) is 0. The molecule has 0 aliphatic rings. The molecule has 80 valence electrons. The zero-order valence-corrected chi connectivity index (χ0v) is 8.94. The molecular formula is C11H7NO3S. The van der Waals surface area contributed by atoms with Crippen molar-refractivity contribution in [1.29, 1.82) is 0 Å². The quantitative estimate of drug-likeness (QED) is 0.465. The molecule has 4 nitrogen and oxygen atoms in total. The van der Waals surface area contributed by atoms with Crippen LogP contribution >= 0.6 is 11.3 Å². The van der Waals surface area contributed by atoms with Crippen LogP contribution in [0.5, 0.6) is 0 Å². The maximum atomic E-state index is 10.8. The van der Waals surface area contributed by atoms with Crippen LogP contribution in [0.4, 0.5) is 5.69 Å². The maximum absolute atomic E-state index is 10.8. The molecule has 1 aromatic carbocycles. The molecule has 0 radical (unpaired) electrons. The number of nitro groups is 1. The van der Waals surface area contributed by atoms with E-state index in [0.29, 0.717) is 11.1 Å². The molecule has 0 atom stereocenters. The van der Waals surface area contributed by atoms with Crippen molar-refractivity contribution in [2.45, 2.75) is 0 Å². The Bertz CT molecular complexity index is 548. The van der Waals surface area contributed by atoms with E-state index in [9.17, 15) is 14.9 Å². The van der Waals surface area contributed by atoms with Gasteiger partial charge in [-0.05, 0) is 10.9 Å². The van der Waals surface area contributed by atoms with Gasteiger partial charge in [-0.1, -0.05) is 12.1 Å². The normalized spacial score (nSPS) is 10.0. The molecule has 0 bridgehead atoms. The third kappa shape index (κ3) is 1.85. The lowest BCUT2D eigenvalue weighted by atomic mass is 10.1. The van der Waals surface area contributed by atoms with Crippen LogP contribution in [0.3, 0.4) is 0 Å². The van der Waals surface area contributed by atoms with Crippen molar-refractivity contribution >= 4 is 23.3 Å². The fourth-order valence-corrected chi connectivity index (χ4v) is 2.23.